The zero-order valence-electron chi connectivity index (χ0n) is 12.9. The van der Waals surface area contributed by atoms with Crippen molar-refractivity contribution in [2.45, 2.75) is 71.3 Å². The number of rotatable bonds is 10. The summed E-state index contributed by atoms with van der Waals surface area (Å²) in [5.74, 6) is -1.31. The molecule has 4 N–H and O–H groups in total. The number of quaternary nitrogens is 1. The Morgan fingerprint density at radius 2 is 1.53 bits per heavy atom. The first kappa shape index (κ1) is 20.2. The summed E-state index contributed by atoms with van der Waals surface area (Å²) in [6, 6.07) is -0.845. The average Bonchev–Trinajstić information content (AvgIpc) is 2.35. The minimum absolute atomic E-state index is 0. The molecule has 19 heavy (non-hydrogen) atoms. The molecule has 5 nitrogen and oxygen atoms in total. The van der Waals surface area contributed by atoms with Crippen LogP contribution in [0.25, 0.3) is 0 Å². The van der Waals surface area contributed by atoms with Crippen molar-refractivity contribution in [3.8, 4) is 0 Å². The molecule has 0 radical (unpaired) electrons. The van der Waals surface area contributed by atoms with E-state index in [0.29, 0.717) is 6.42 Å². The second-order valence-electron chi connectivity index (χ2n) is 4.87. The Morgan fingerprint density at radius 1 is 1.05 bits per heavy atom. The van der Waals surface area contributed by atoms with E-state index in [4.69, 9.17) is 0 Å². The van der Waals surface area contributed by atoms with Crippen LogP contribution in [-0.2, 0) is 9.59 Å². The lowest BCUT2D eigenvalue weighted by atomic mass is 10.1. The molecule has 0 aliphatic rings. The molecule has 0 rings (SSSR count). The molecule has 0 fully saturated rings. The van der Waals surface area contributed by atoms with E-state index in [1.807, 2.05) is 0 Å². The zero-order chi connectivity index (χ0) is 14.0. The van der Waals surface area contributed by atoms with E-state index in [1.54, 1.807) is 0 Å². The van der Waals surface area contributed by atoms with Crippen molar-refractivity contribution in [2.75, 3.05) is 7.05 Å². The maximum Gasteiger partial charge on any atom is 0.222 e. The highest BCUT2D eigenvalue weighted by Gasteiger charge is 2.15. The molecule has 0 spiro atoms. The summed E-state index contributed by atoms with van der Waals surface area (Å²) in [6.45, 7) is 3.66. The van der Waals surface area contributed by atoms with Gasteiger partial charge in [0.25, 0.3) is 0 Å². The van der Waals surface area contributed by atoms with E-state index in [0.717, 1.165) is 19.3 Å². The van der Waals surface area contributed by atoms with Gasteiger partial charge in [0.15, 0.2) is 0 Å². The summed E-state index contributed by atoms with van der Waals surface area (Å²) >= 11 is 0. The summed E-state index contributed by atoms with van der Waals surface area (Å²) in [5, 5.41) is 10.6. The van der Waals surface area contributed by atoms with Gasteiger partial charge in [-0.2, -0.15) is 0 Å². The number of aliphatic carboxylic acids is 1. The number of carboxylic acids is 1. The fourth-order valence-corrected chi connectivity index (χ4v) is 1.78. The molecule has 0 aromatic heterocycles. The summed E-state index contributed by atoms with van der Waals surface area (Å²) in [7, 11) is 1.52. The van der Waals surface area contributed by atoms with E-state index in [-0.39, 0.29) is 12.1 Å². The minimum atomic E-state index is -1.20. The van der Waals surface area contributed by atoms with E-state index >= 15 is 0 Å². The Labute approximate surface area is 116 Å². The van der Waals surface area contributed by atoms with Gasteiger partial charge in [0, 0.05) is 13.5 Å². The van der Waals surface area contributed by atoms with Gasteiger partial charge < -0.3 is 21.0 Å². The van der Waals surface area contributed by atoms with Crippen LogP contribution in [0, 0.1) is 0 Å². The minimum Gasteiger partial charge on any atom is -0.548 e. The van der Waals surface area contributed by atoms with Gasteiger partial charge in [0.05, 0.1) is 12.0 Å². The highest BCUT2D eigenvalue weighted by Crippen LogP contribution is 2.09. The fraction of sp³-hybridized carbons (Fsp3) is 0.857. The van der Waals surface area contributed by atoms with Crippen LogP contribution in [0.3, 0.4) is 0 Å². The standard InChI is InChI=1S/C14H27NO3.H3N/c1-4-5-6-7-8-9-10-11-13(16)15(3)12(2)14(17)18;/h12H,4-11H2,1-3H3,(H,17,18);1H3/t12-;/m0./s1. The zero-order valence-corrected chi connectivity index (χ0v) is 12.9. The molecule has 0 aliphatic carbocycles. The number of carbonyl (C=O) groups excluding carboxylic acids is 2. The van der Waals surface area contributed by atoms with Crippen LogP contribution in [0.1, 0.15) is 65.2 Å². The number of hydrogen-bond acceptors (Lipinski definition) is 3. The SMILES string of the molecule is CCCCCCCCCC(=O)N(C)[C@@H](C)C(=O)[O-].[NH4+]. The Morgan fingerprint density at radius 3 is 2.00 bits per heavy atom. The van der Waals surface area contributed by atoms with Crippen LogP contribution in [0.2, 0.25) is 0 Å². The van der Waals surface area contributed by atoms with E-state index < -0.39 is 12.0 Å². The monoisotopic (exact) mass is 274 g/mol. The molecule has 1 amide bonds. The Hall–Kier alpha value is -1.10. The number of hydrogen-bond donors (Lipinski definition) is 1. The van der Waals surface area contributed by atoms with E-state index in [9.17, 15) is 14.7 Å². The van der Waals surface area contributed by atoms with Gasteiger partial charge in [-0.15, -0.1) is 0 Å². The van der Waals surface area contributed by atoms with Gasteiger partial charge in [-0.1, -0.05) is 45.4 Å². The molecule has 0 heterocycles. The lowest BCUT2D eigenvalue weighted by molar-refractivity contribution is -0.310. The third kappa shape index (κ3) is 9.47. The van der Waals surface area contributed by atoms with Crippen molar-refractivity contribution in [3.05, 3.63) is 0 Å². The molecule has 1 atom stereocenters. The van der Waals surface area contributed by atoms with Crippen molar-refractivity contribution in [1.82, 2.24) is 11.1 Å². The summed E-state index contributed by atoms with van der Waals surface area (Å²) in [4.78, 5) is 23.5. The van der Waals surface area contributed by atoms with Crippen LogP contribution in [0.15, 0.2) is 0 Å². The Kier molecular flexibility index (Phi) is 12.7. The first-order valence-electron chi connectivity index (χ1n) is 6.97. The lowest BCUT2D eigenvalue weighted by Gasteiger charge is -2.25. The lowest BCUT2D eigenvalue weighted by Crippen LogP contribution is -2.46. The maximum absolute atomic E-state index is 11.7. The van der Waals surface area contributed by atoms with Crippen LogP contribution >= 0.6 is 0 Å². The predicted molar refractivity (Wildman–Crippen MR) is 75.8 cm³/mol. The van der Waals surface area contributed by atoms with Gasteiger partial charge in [0.1, 0.15) is 0 Å². The highest BCUT2D eigenvalue weighted by molar-refractivity contribution is 5.82. The second-order valence-corrected chi connectivity index (χ2v) is 4.87. The first-order valence-corrected chi connectivity index (χ1v) is 6.97. The van der Waals surface area contributed by atoms with Crippen LogP contribution in [0.5, 0.6) is 0 Å². The number of nitrogens with zero attached hydrogens (tertiary/aromatic N) is 1. The number of unbranched alkanes of at least 4 members (excludes halogenated alkanes) is 6. The molecule has 114 valence electrons. The largest absolute Gasteiger partial charge is 0.548 e. The van der Waals surface area contributed by atoms with Crippen molar-refractivity contribution < 1.29 is 14.7 Å². The van der Waals surface area contributed by atoms with Gasteiger partial charge in [0.2, 0.25) is 5.91 Å². The van der Waals surface area contributed by atoms with Gasteiger partial charge in [-0.05, 0) is 13.3 Å². The summed E-state index contributed by atoms with van der Waals surface area (Å²) in [6.07, 6.45) is 8.50. The van der Waals surface area contributed by atoms with Gasteiger partial charge in [-0.3, -0.25) is 4.79 Å². The van der Waals surface area contributed by atoms with Crippen LogP contribution in [-0.4, -0.2) is 29.9 Å². The molecule has 0 aliphatic heterocycles. The summed E-state index contributed by atoms with van der Waals surface area (Å²) < 4.78 is 0. The quantitative estimate of drug-likeness (QED) is 0.618. The predicted octanol–water partition coefficient (Wildman–Crippen LogP) is 2.10. The topological polar surface area (TPSA) is 96.9 Å². The smallest absolute Gasteiger partial charge is 0.222 e. The number of likely N-dealkylation sites (N-methyl/N-ethyl adjacent to an activating group) is 1. The Balaban J connectivity index is 0. The fourth-order valence-electron chi connectivity index (χ4n) is 1.78. The van der Waals surface area contributed by atoms with Crippen LogP contribution < -0.4 is 11.3 Å². The molecular formula is C14H30N2O3. The average molecular weight is 274 g/mol. The second kappa shape index (κ2) is 12.0. The molecule has 0 saturated carbocycles. The van der Waals surface area contributed by atoms with Crippen molar-refractivity contribution >= 4 is 11.9 Å². The molecule has 0 saturated heterocycles. The number of carbonyl (C=O) groups is 2. The molecule has 0 aromatic carbocycles. The number of amides is 1. The third-order valence-corrected chi connectivity index (χ3v) is 3.31. The van der Waals surface area contributed by atoms with Gasteiger partial charge in [-0.25, -0.2) is 0 Å². The highest BCUT2D eigenvalue weighted by atomic mass is 16.4. The summed E-state index contributed by atoms with van der Waals surface area (Å²) in [5.41, 5.74) is 0. The molecule has 0 unspecified atom stereocenters. The Bertz CT molecular complexity index is 257. The first-order chi connectivity index (χ1) is 8.50. The van der Waals surface area contributed by atoms with E-state index in [2.05, 4.69) is 6.92 Å². The number of carboxylic acid groups (broad SMARTS) is 1. The van der Waals surface area contributed by atoms with Crippen molar-refractivity contribution in [2.24, 2.45) is 0 Å². The molecule has 0 aromatic rings. The van der Waals surface area contributed by atoms with Crippen LogP contribution in [0.4, 0.5) is 0 Å². The van der Waals surface area contributed by atoms with E-state index in [1.165, 1.54) is 44.6 Å². The molecular weight excluding hydrogens is 244 g/mol. The van der Waals surface area contributed by atoms with Crippen molar-refractivity contribution in [1.29, 1.82) is 0 Å². The molecule has 0 bridgehead atoms. The van der Waals surface area contributed by atoms with Gasteiger partial charge >= 0.3 is 0 Å². The van der Waals surface area contributed by atoms with Crippen molar-refractivity contribution in [3.63, 3.8) is 0 Å². The normalized spacial score (nSPS) is 11.5. The maximum atomic E-state index is 11.7. The molecule has 5 heteroatoms. The third-order valence-electron chi connectivity index (χ3n) is 3.31.